The second-order valence-electron chi connectivity index (χ2n) is 5.46. The SMILES string of the molecule is CC.CC.CC.FC(F)=CC1C2CC3CC(C2)CC1C3. The Balaban J connectivity index is 0.000000538. The van der Waals surface area contributed by atoms with Crippen molar-refractivity contribution < 1.29 is 8.78 Å². The van der Waals surface area contributed by atoms with Crippen LogP contribution in [0.5, 0.6) is 0 Å². The third-order valence-electron chi connectivity index (χ3n) is 4.62. The minimum atomic E-state index is -1.46. The van der Waals surface area contributed by atoms with Crippen LogP contribution in [0, 0.1) is 29.6 Å². The summed E-state index contributed by atoms with van der Waals surface area (Å²) in [5.41, 5.74) is 0. The normalized spacial score (nSPS) is 35.5. The fraction of sp³-hybridized carbons (Fsp3) is 0.889. The summed E-state index contributed by atoms with van der Waals surface area (Å²) in [4.78, 5) is 0. The molecule has 0 heterocycles. The van der Waals surface area contributed by atoms with Gasteiger partial charge in [-0.2, -0.15) is 8.78 Å². The molecule has 20 heavy (non-hydrogen) atoms. The van der Waals surface area contributed by atoms with Gasteiger partial charge in [0.05, 0.1) is 0 Å². The molecule has 0 radical (unpaired) electrons. The van der Waals surface area contributed by atoms with E-state index in [1.165, 1.54) is 38.2 Å². The highest BCUT2D eigenvalue weighted by molar-refractivity contribution is 5.05. The molecule has 0 spiro atoms. The summed E-state index contributed by atoms with van der Waals surface area (Å²) in [7, 11) is 0. The van der Waals surface area contributed by atoms with Crippen LogP contribution in [-0.2, 0) is 0 Å². The van der Waals surface area contributed by atoms with E-state index in [-0.39, 0.29) is 5.92 Å². The van der Waals surface area contributed by atoms with Crippen molar-refractivity contribution in [1.29, 1.82) is 0 Å². The number of hydrogen-bond acceptors (Lipinski definition) is 0. The standard InChI is InChI=1S/C12H16F2.3C2H6/c13-12(14)6-11-9-2-7-1-8(4-9)5-10(11)3-7;3*1-2/h6-11H,1-5H2;3*1-2H3. The molecule has 4 aliphatic carbocycles. The monoisotopic (exact) mass is 288 g/mol. The second-order valence-corrected chi connectivity index (χ2v) is 5.46. The lowest BCUT2D eigenvalue weighted by atomic mass is 9.52. The Morgan fingerprint density at radius 1 is 0.700 bits per heavy atom. The first-order valence-corrected chi connectivity index (χ1v) is 8.75. The molecule has 0 N–H and O–H groups in total. The van der Waals surface area contributed by atoms with Gasteiger partial charge in [0.2, 0.25) is 0 Å². The quantitative estimate of drug-likeness (QED) is 0.491. The Labute approximate surface area is 125 Å². The average molecular weight is 288 g/mol. The van der Waals surface area contributed by atoms with Gasteiger partial charge < -0.3 is 0 Å². The first kappa shape index (κ1) is 19.6. The highest BCUT2D eigenvalue weighted by Crippen LogP contribution is 2.57. The Hall–Kier alpha value is -0.400. The average Bonchev–Trinajstić information content (AvgIpc) is 2.48. The summed E-state index contributed by atoms with van der Waals surface area (Å²) in [6, 6.07) is 0. The Kier molecular flexibility index (Phi) is 10.1. The zero-order valence-corrected chi connectivity index (χ0v) is 14.3. The van der Waals surface area contributed by atoms with Crippen molar-refractivity contribution >= 4 is 0 Å². The number of halogens is 2. The zero-order valence-electron chi connectivity index (χ0n) is 14.3. The van der Waals surface area contributed by atoms with Crippen molar-refractivity contribution in [3.8, 4) is 0 Å². The molecule has 0 nitrogen and oxygen atoms in total. The third-order valence-corrected chi connectivity index (χ3v) is 4.62. The van der Waals surface area contributed by atoms with Gasteiger partial charge in [0.15, 0.2) is 0 Å². The predicted molar refractivity (Wildman–Crippen MR) is 84.9 cm³/mol. The smallest absolute Gasteiger partial charge is 0.174 e. The summed E-state index contributed by atoms with van der Waals surface area (Å²) in [5.74, 6) is 3.16. The number of hydrogen-bond donors (Lipinski definition) is 0. The maximum atomic E-state index is 12.3. The molecule has 4 rings (SSSR count). The lowest BCUT2D eigenvalue weighted by Gasteiger charge is -2.53. The van der Waals surface area contributed by atoms with Crippen LogP contribution in [0.3, 0.4) is 0 Å². The number of allylic oxidation sites excluding steroid dienone is 1. The van der Waals surface area contributed by atoms with E-state index in [0.29, 0.717) is 11.8 Å². The topological polar surface area (TPSA) is 0 Å². The molecule has 120 valence electrons. The first-order valence-electron chi connectivity index (χ1n) is 8.75. The second kappa shape index (κ2) is 10.3. The van der Waals surface area contributed by atoms with E-state index in [1.54, 1.807) is 0 Å². The summed E-state index contributed by atoms with van der Waals surface area (Å²) in [5, 5.41) is 0. The molecule has 0 atom stereocenters. The van der Waals surface area contributed by atoms with E-state index < -0.39 is 6.08 Å². The summed E-state index contributed by atoms with van der Waals surface area (Å²) in [6.45, 7) is 12.0. The van der Waals surface area contributed by atoms with Crippen LogP contribution in [0.1, 0.15) is 73.6 Å². The predicted octanol–water partition coefficient (Wildman–Crippen LogP) is 6.92. The maximum absolute atomic E-state index is 12.3. The van der Waals surface area contributed by atoms with Gasteiger partial charge >= 0.3 is 0 Å². The van der Waals surface area contributed by atoms with Gasteiger partial charge in [-0.1, -0.05) is 41.5 Å². The molecule has 4 bridgehead atoms. The molecule has 0 saturated heterocycles. The largest absolute Gasteiger partial charge is 0.266 e. The first-order chi connectivity index (χ1) is 9.72. The van der Waals surface area contributed by atoms with Gasteiger partial charge in [-0.3, -0.25) is 0 Å². The summed E-state index contributed by atoms with van der Waals surface area (Å²) < 4.78 is 24.6. The zero-order chi connectivity index (χ0) is 15.7. The van der Waals surface area contributed by atoms with E-state index in [9.17, 15) is 8.78 Å². The van der Waals surface area contributed by atoms with Crippen LogP contribution < -0.4 is 0 Å². The molecule has 0 aromatic carbocycles. The molecule has 4 saturated carbocycles. The molecule has 4 aliphatic rings. The lowest BCUT2D eigenvalue weighted by Crippen LogP contribution is -2.44. The van der Waals surface area contributed by atoms with E-state index in [0.717, 1.165) is 11.8 Å². The van der Waals surface area contributed by atoms with Crippen LogP contribution >= 0.6 is 0 Å². The van der Waals surface area contributed by atoms with Gasteiger partial charge in [-0.05, 0) is 67.8 Å². The van der Waals surface area contributed by atoms with Gasteiger partial charge in [-0.15, -0.1) is 0 Å². The highest BCUT2D eigenvalue weighted by Gasteiger charge is 2.47. The highest BCUT2D eigenvalue weighted by atomic mass is 19.3. The number of rotatable bonds is 1. The van der Waals surface area contributed by atoms with Gasteiger partial charge in [0.1, 0.15) is 0 Å². The molecular weight excluding hydrogens is 254 g/mol. The minimum Gasteiger partial charge on any atom is -0.174 e. The van der Waals surface area contributed by atoms with Crippen LogP contribution in [0.15, 0.2) is 12.2 Å². The van der Waals surface area contributed by atoms with Crippen LogP contribution in [-0.4, -0.2) is 0 Å². The molecule has 0 aromatic heterocycles. The van der Waals surface area contributed by atoms with E-state index >= 15 is 0 Å². The van der Waals surface area contributed by atoms with Crippen molar-refractivity contribution in [1.82, 2.24) is 0 Å². The molecule has 0 unspecified atom stereocenters. The Morgan fingerprint density at radius 3 is 1.35 bits per heavy atom. The van der Waals surface area contributed by atoms with Crippen LogP contribution in [0.25, 0.3) is 0 Å². The molecule has 2 heteroatoms. The van der Waals surface area contributed by atoms with E-state index in [4.69, 9.17) is 0 Å². The van der Waals surface area contributed by atoms with Crippen molar-refractivity contribution in [2.45, 2.75) is 73.6 Å². The maximum Gasteiger partial charge on any atom is 0.266 e. The fourth-order valence-electron chi connectivity index (χ4n) is 4.38. The van der Waals surface area contributed by atoms with Crippen molar-refractivity contribution in [2.24, 2.45) is 29.6 Å². The minimum absolute atomic E-state index is 0.216. The van der Waals surface area contributed by atoms with Gasteiger partial charge in [0.25, 0.3) is 6.08 Å². The van der Waals surface area contributed by atoms with Crippen molar-refractivity contribution in [2.75, 3.05) is 0 Å². The van der Waals surface area contributed by atoms with Gasteiger partial charge in [-0.25, -0.2) is 0 Å². The fourth-order valence-corrected chi connectivity index (χ4v) is 4.38. The molecule has 0 aliphatic heterocycles. The Bertz CT molecular complexity index is 239. The van der Waals surface area contributed by atoms with Gasteiger partial charge in [0, 0.05) is 0 Å². The van der Waals surface area contributed by atoms with Crippen LogP contribution in [0.4, 0.5) is 8.78 Å². The summed E-state index contributed by atoms with van der Waals surface area (Å²) >= 11 is 0. The molecular formula is C18H34F2. The van der Waals surface area contributed by atoms with E-state index in [1.807, 2.05) is 41.5 Å². The van der Waals surface area contributed by atoms with Crippen LogP contribution in [0.2, 0.25) is 0 Å². The summed E-state index contributed by atoms with van der Waals surface area (Å²) in [6.07, 6.45) is 6.09. The molecule has 0 aromatic rings. The Morgan fingerprint density at radius 2 is 1.05 bits per heavy atom. The van der Waals surface area contributed by atoms with E-state index in [2.05, 4.69) is 0 Å². The third kappa shape index (κ3) is 4.86. The lowest BCUT2D eigenvalue weighted by molar-refractivity contribution is -0.0175. The van der Waals surface area contributed by atoms with Crippen molar-refractivity contribution in [3.63, 3.8) is 0 Å². The molecule has 4 fully saturated rings. The van der Waals surface area contributed by atoms with Crippen molar-refractivity contribution in [3.05, 3.63) is 12.2 Å². The molecule has 0 amide bonds.